The van der Waals surface area contributed by atoms with Gasteiger partial charge in [-0.2, -0.15) is 5.70 Å². The molecule has 2 rings (SSSR count). The molecule has 1 aromatic carbocycles. The van der Waals surface area contributed by atoms with Crippen molar-refractivity contribution in [2.75, 3.05) is 7.11 Å². The number of carbonyl (C=O) groups is 1. The van der Waals surface area contributed by atoms with Crippen LogP contribution in [0.5, 0.6) is 0 Å². The topological polar surface area (TPSA) is 38.3 Å². The van der Waals surface area contributed by atoms with Crippen molar-refractivity contribution in [3.8, 4) is 0 Å². The predicted molar refractivity (Wildman–Crippen MR) is 69.5 cm³/mol. The van der Waals surface area contributed by atoms with Gasteiger partial charge in [0.05, 0.1) is 7.11 Å². The van der Waals surface area contributed by atoms with E-state index >= 15 is 0 Å². The number of nitrogens with one attached hydrogen (secondary N) is 1. The molecule has 3 nitrogen and oxygen atoms in total. The number of rotatable bonds is 2. The van der Waals surface area contributed by atoms with E-state index in [9.17, 15) is 4.79 Å². The van der Waals surface area contributed by atoms with E-state index < -0.39 is 0 Å². The normalized spacial score (nSPS) is 18.1. The molecule has 0 saturated carbocycles. The Hall–Kier alpha value is -0.926. The molecule has 0 fully saturated rings. The SMILES string of the molecule is COC(=O)C1=C(C)NC(C)=[C-]C1c1ccccc1.[Y]. The van der Waals surface area contributed by atoms with Crippen LogP contribution in [-0.4, -0.2) is 13.1 Å². The molecular formula is C15H16NO2Y-. The monoisotopic (exact) mass is 331 g/mol. The molecular weight excluding hydrogens is 315 g/mol. The predicted octanol–water partition coefficient (Wildman–Crippen LogP) is 2.52. The van der Waals surface area contributed by atoms with Crippen molar-refractivity contribution in [2.24, 2.45) is 0 Å². The van der Waals surface area contributed by atoms with E-state index in [4.69, 9.17) is 4.74 Å². The standard InChI is InChI=1S/C15H16NO2.Y/c1-10-9-13(12-7-5-4-6-8-12)14(11(2)16-10)15(17)18-3;/h4-8,13,16H,1-3H3;/q-1;. The zero-order chi connectivity index (χ0) is 13.1. The van der Waals surface area contributed by atoms with Gasteiger partial charge in [0.15, 0.2) is 0 Å². The minimum Gasteiger partial charge on any atom is -0.466 e. The maximum Gasteiger partial charge on any atom is 0.333 e. The van der Waals surface area contributed by atoms with E-state index in [1.807, 2.05) is 44.2 Å². The number of methoxy groups -OCH3 is 1. The van der Waals surface area contributed by atoms with Crippen molar-refractivity contribution in [1.29, 1.82) is 0 Å². The van der Waals surface area contributed by atoms with Gasteiger partial charge in [0, 0.05) is 44.0 Å². The number of carbonyl (C=O) groups excluding carboxylic acids is 1. The second-order valence-corrected chi connectivity index (χ2v) is 4.27. The maximum atomic E-state index is 11.9. The number of dihydropyridines is 1. The molecule has 0 amide bonds. The molecule has 19 heavy (non-hydrogen) atoms. The summed E-state index contributed by atoms with van der Waals surface area (Å²) >= 11 is 0. The quantitative estimate of drug-likeness (QED) is 0.669. The van der Waals surface area contributed by atoms with Gasteiger partial charge in [0.25, 0.3) is 0 Å². The molecule has 1 atom stereocenters. The molecule has 0 spiro atoms. The average molecular weight is 331 g/mol. The summed E-state index contributed by atoms with van der Waals surface area (Å²) in [5, 5.41) is 3.13. The van der Waals surface area contributed by atoms with Crippen LogP contribution in [0.25, 0.3) is 0 Å². The number of allylic oxidation sites excluding steroid dienone is 3. The second kappa shape index (κ2) is 7.02. The number of ether oxygens (including phenoxy) is 1. The van der Waals surface area contributed by atoms with E-state index in [1.54, 1.807) is 0 Å². The average Bonchev–Trinajstić information content (AvgIpc) is 2.38. The number of hydrogen-bond acceptors (Lipinski definition) is 3. The smallest absolute Gasteiger partial charge is 0.333 e. The fourth-order valence-electron chi connectivity index (χ4n) is 2.17. The molecule has 0 bridgehead atoms. The molecule has 0 aromatic heterocycles. The van der Waals surface area contributed by atoms with E-state index in [1.165, 1.54) is 7.11 Å². The number of benzene rings is 1. The Morgan fingerprint density at radius 3 is 2.47 bits per heavy atom. The van der Waals surface area contributed by atoms with Gasteiger partial charge in [-0.15, -0.1) is 5.92 Å². The van der Waals surface area contributed by atoms with Crippen molar-refractivity contribution >= 4 is 5.97 Å². The first kappa shape index (κ1) is 16.1. The van der Waals surface area contributed by atoms with E-state index in [0.717, 1.165) is 17.0 Å². The minimum absolute atomic E-state index is 0. The summed E-state index contributed by atoms with van der Waals surface area (Å²) in [6.45, 7) is 3.82. The van der Waals surface area contributed by atoms with E-state index in [2.05, 4.69) is 11.4 Å². The van der Waals surface area contributed by atoms with Crippen molar-refractivity contribution < 1.29 is 42.2 Å². The Bertz CT molecular complexity index is 520. The van der Waals surface area contributed by atoms with Crippen molar-refractivity contribution in [2.45, 2.75) is 19.8 Å². The fraction of sp³-hybridized carbons (Fsp3) is 0.267. The van der Waals surface area contributed by atoms with Crippen LogP contribution < -0.4 is 5.32 Å². The first-order valence-electron chi connectivity index (χ1n) is 5.84. The minimum atomic E-state index is -0.311. The van der Waals surface area contributed by atoms with Crippen molar-refractivity contribution in [1.82, 2.24) is 5.32 Å². The van der Waals surface area contributed by atoms with Gasteiger partial charge in [0.2, 0.25) is 0 Å². The van der Waals surface area contributed by atoms with Gasteiger partial charge >= 0.3 is 5.97 Å². The number of esters is 1. The molecule has 0 aliphatic carbocycles. The zero-order valence-electron chi connectivity index (χ0n) is 11.4. The van der Waals surface area contributed by atoms with Crippen molar-refractivity contribution in [3.05, 3.63) is 58.9 Å². The molecule has 1 aliphatic rings. The first-order chi connectivity index (χ1) is 8.63. The van der Waals surface area contributed by atoms with E-state index in [-0.39, 0.29) is 44.6 Å². The summed E-state index contributed by atoms with van der Waals surface area (Å²) < 4.78 is 4.86. The molecule has 97 valence electrons. The first-order valence-corrected chi connectivity index (χ1v) is 5.84. The fourth-order valence-corrected chi connectivity index (χ4v) is 2.17. The Balaban J connectivity index is 0.00000180. The van der Waals surface area contributed by atoms with Crippen LogP contribution in [0.1, 0.15) is 25.3 Å². The summed E-state index contributed by atoms with van der Waals surface area (Å²) in [5.74, 6) is -0.478. The van der Waals surface area contributed by atoms with Crippen LogP contribution >= 0.6 is 0 Å². The Kier molecular flexibility index (Phi) is 5.96. The molecule has 1 heterocycles. The maximum absolute atomic E-state index is 11.9. The van der Waals surface area contributed by atoms with Crippen LogP contribution in [0.2, 0.25) is 0 Å². The van der Waals surface area contributed by atoms with Gasteiger partial charge in [-0.3, -0.25) is 0 Å². The third kappa shape index (κ3) is 3.55. The van der Waals surface area contributed by atoms with Crippen LogP contribution in [-0.2, 0) is 42.2 Å². The van der Waals surface area contributed by atoms with Gasteiger partial charge in [-0.25, -0.2) is 4.79 Å². The third-order valence-corrected chi connectivity index (χ3v) is 2.97. The van der Waals surface area contributed by atoms with Gasteiger partial charge in [-0.05, 0) is 6.92 Å². The van der Waals surface area contributed by atoms with Gasteiger partial charge < -0.3 is 16.1 Å². The Labute approximate surface area is 139 Å². The number of hydrogen-bond donors (Lipinski definition) is 1. The zero-order valence-corrected chi connectivity index (χ0v) is 14.2. The molecule has 1 aliphatic heterocycles. The summed E-state index contributed by atoms with van der Waals surface area (Å²) in [4.78, 5) is 11.9. The molecule has 1 unspecified atom stereocenters. The summed E-state index contributed by atoms with van der Waals surface area (Å²) in [6, 6.07) is 9.85. The van der Waals surface area contributed by atoms with Crippen LogP contribution in [0, 0.1) is 6.08 Å². The summed E-state index contributed by atoms with van der Waals surface area (Å²) in [5.41, 5.74) is 3.41. The molecule has 1 N–H and O–H groups in total. The molecule has 1 aromatic rings. The largest absolute Gasteiger partial charge is 0.466 e. The van der Waals surface area contributed by atoms with Crippen LogP contribution in [0.3, 0.4) is 0 Å². The summed E-state index contributed by atoms with van der Waals surface area (Å²) in [7, 11) is 1.40. The Morgan fingerprint density at radius 2 is 1.89 bits per heavy atom. The molecule has 0 saturated heterocycles. The second-order valence-electron chi connectivity index (χ2n) is 4.27. The van der Waals surface area contributed by atoms with Crippen LogP contribution in [0.4, 0.5) is 0 Å². The Morgan fingerprint density at radius 1 is 1.26 bits per heavy atom. The molecule has 1 radical (unpaired) electrons. The van der Waals surface area contributed by atoms with Gasteiger partial charge in [-0.1, -0.05) is 42.8 Å². The summed E-state index contributed by atoms with van der Waals surface area (Å²) in [6.07, 6.45) is 3.28. The molecule has 4 heteroatoms. The van der Waals surface area contributed by atoms with E-state index in [0.29, 0.717) is 5.57 Å². The van der Waals surface area contributed by atoms with Crippen molar-refractivity contribution in [3.63, 3.8) is 0 Å². The third-order valence-electron chi connectivity index (χ3n) is 2.97. The van der Waals surface area contributed by atoms with Gasteiger partial charge in [0.1, 0.15) is 0 Å². The van der Waals surface area contributed by atoms with Crippen LogP contribution in [0.15, 0.2) is 47.3 Å².